The number of rotatable bonds is 3. The second kappa shape index (κ2) is 5.20. The van der Waals surface area contributed by atoms with Crippen LogP contribution in [0.15, 0.2) is 30.3 Å². The molecular formula is C15H19N5S. The number of benzene rings is 1. The van der Waals surface area contributed by atoms with Crippen molar-refractivity contribution in [3.05, 3.63) is 35.3 Å². The predicted molar refractivity (Wildman–Crippen MR) is 85.2 cm³/mol. The molecule has 0 amide bonds. The van der Waals surface area contributed by atoms with Crippen LogP contribution in [0.4, 0.5) is 0 Å². The van der Waals surface area contributed by atoms with Crippen molar-refractivity contribution in [2.24, 2.45) is 11.1 Å². The molecule has 0 bridgehead atoms. The summed E-state index contributed by atoms with van der Waals surface area (Å²) in [5, 5.41) is 14.1. The van der Waals surface area contributed by atoms with E-state index >= 15 is 0 Å². The molecular weight excluding hydrogens is 282 g/mol. The molecule has 0 aliphatic carbocycles. The normalized spacial score (nSPS) is 13.7. The van der Waals surface area contributed by atoms with E-state index in [0.29, 0.717) is 0 Å². The molecule has 1 unspecified atom stereocenters. The number of nitrogens with zero attached hydrogens (tertiary/aromatic N) is 4. The van der Waals surface area contributed by atoms with Crippen molar-refractivity contribution in [1.82, 2.24) is 19.8 Å². The Hall–Kier alpha value is -1.79. The van der Waals surface area contributed by atoms with Gasteiger partial charge in [-0.2, -0.15) is 9.61 Å². The minimum absolute atomic E-state index is 0.0638. The van der Waals surface area contributed by atoms with E-state index in [-0.39, 0.29) is 11.5 Å². The van der Waals surface area contributed by atoms with E-state index < -0.39 is 0 Å². The van der Waals surface area contributed by atoms with Gasteiger partial charge in [0.05, 0.1) is 0 Å². The first-order valence-electron chi connectivity index (χ1n) is 6.97. The lowest BCUT2D eigenvalue weighted by molar-refractivity contribution is 0.318. The molecule has 1 aromatic carbocycles. The Morgan fingerprint density at radius 1 is 1.19 bits per heavy atom. The van der Waals surface area contributed by atoms with Gasteiger partial charge in [-0.1, -0.05) is 62.4 Å². The fraction of sp³-hybridized carbons (Fsp3) is 0.400. The third-order valence-electron chi connectivity index (χ3n) is 3.57. The molecule has 3 aromatic rings. The topological polar surface area (TPSA) is 69.1 Å². The van der Waals surface area contributed by atoms with E-state index in [1.807, 2.05) is 34.8 Å². The lowest BCUT2D eigenvalue weighted by atomic mass is 9.86. The smallest absolute Gasteiger partial charge is 0.234 e. The molecule has 21 heavy (non-hydrogen) atoms. The Kier molecular flexibility index (Phi) is 3.51. The van der Waals surface area contributed by atoms with E-state index in [2.05, 4.69) is 36.1 Å². The predicted octanol–water partition coefficient (Wildman–Crippen LogP) is 2.77. The van der Waals surface area contributed by atoms with Crippen LogP contribution in [-0.4, -0.2) is 25.9 Å². The summed E-state index contributed by atoms with van der Waals surface area (Å²) in [6.45, 7) is 6.44. The molecule has 2 aromatic heterocycles. The summed E-state index contributed by atoms with van der Waals surface area (Å²) < 4.78 is 1.81. The summed E-state index contributed by atoms with van der Waals surface area (Å²) in [5.74, 6) is 0.775. The first-order chi connectivity index (χ1) is 9.95. The van der Waals surface area contributed by atoms with Crippen molar-refractivity contribution in [2.75, 3.05) is 0 Å². The molecule has 0 saturated carbocycles. The Balaban J connectivity index is 1.94. The molecule has 2 heterocycles. The minimum atomic E-state index is 0.0638. The summed E-state index contributed by atoms with van der Waals surface area (Å²) in [7, 11) is 0. The first-order valence-corrected chi connectivity index (χ1v) is 7.79. The van der Waals surface area contributed by atoms with Gasteiger partial charge >= 0.3 is 0 Å². The summed E-state index contributed by atoms with van der Waals surface area (Å²) >= 11 is 1.56. The van der Waals surface area contributed by atoms with E-state index in [1.54, 1.807) is 11.3 Å². The van der Waals surface area contributed by atoms with Crippen molar-refractivity contribution in [2.45, 2.75) is 33.2 Å². The van der Waals surface area contributed by atoms with Gasteiger partial charge in [0.15, 0.2) is 5.82 Å². The summed E-state index contributed by atoms with van der Waals surface area (Å²) in [5.41, 5.74) is 7.32. The quantitative estimate of drug-likeness (QED) is 0.807. The van der Waals surface area contributed by atoms with Crippen molar-refractivity contribution in [3.63, 3.8) is 0 Å². The Bertz CT molecular complexity index is 738. The molecule has 2 N–H and O–H groups in total. The van der Waals surface area contributed by atoms with Crippen molar-refractivity contribution in [3.8, 4) is 11.4 Å². The molecule has 5 nitrogen and oxygen atoms in total. The van der Waals surface area contributed by atoms with Crippen LogP contribution < -0.4 is 5.73 Å². The number of fused-ring (bicyclic) bond motifs is 1. The molecule has 6 heteroatoms. The van der Waals surface area contributed by atoms with Gasteiger partial charge in [0, 0.05) is 18.0 Å². The third-order valence-corrected chi connectivity index (χ3v) is 4.49. The van der Waals surface area contributed by atoms with Crippen LogP contribution in [0.3, 0.4) is 0 Å². The number of aromatic nitrogens is 4. The molecule has 0 saturated heterocycles. The molecule has 0 aliphatic rings. The van der Waals surface area contributed by atoms with Crippen molar-refractivity contribution >= 4 is 16.3 Å². The van der Waals surface area contributed by atoms with Crippen LogP contribution in [0.2, 0.25) is 0 Å². The highest BCUT2D eigenvalue weighted by Crippen LogP contribution is 2.25. The maximum atomic E-state index is 6.24. The zero-order valence-electron chi connectivity index (χ0n) is 12.4. The molecule has 1 atom stereocenters. The number of hydrogen-bond donors (Lipinski definition) is 1. The average Bonchev–Trinajstić information content (AvgIpc) is 2.98. The largest absolute Gasteiger partial charge is 0.327 e. The standard InChI is InChI=1S/C15H19N5S/c1-15(2,3)11(16)9-12-19-20-13(17-18-14(20)21-12)10-7-5-4-6-8-10/h4-8,11H,9,16H2,1-3H3. The zero-order valence-corrected chi connectivity index (χ0v) is 13.3. The van der Waals surface area contributed by atoms with Gasteiger partial charge in [0.1, 0.15) is 5.01 Å². The molecule has 0 fully saturated rings. The lowest BCUT2D eigenvalue weighted by Crippen LogP contribution is -2.36. The number of nitrogens with two attached hydrogens (primary N) is 1. The maximum absolute atomic E-state index is 6.24. The van der Waals surface area contributed by atoms with Gasteiger partial charge in [-0.05, 0) is 5.41 Å². The second-order valence-electron chi connectivity index (χ2n) is 6.26. The highest BCUT2D eigenvalue weighted by Gasteiger charge is 2.23. The molecule has 0 spiro atoms. The highest BCUT2D eigenvalue weighted by molar-refractivity contribution is 7.16. The molecule has 0 radical (unpaired) electrons. The van der Waals surface area contributed by atoms with Crippen molar-refractivity contribution < 1.29 is 0 Å². The third kappa shape index (κ3) is 2.82. The van der Waals surface area contributed by atoms with Gasteiger partial charge in [-0.25, -0.2) is 0 Å². The highest BCUT2D eigenvalue weighted by atomic mass is 32.1. The van der Waals surface area contributed by atoms with E-state index in [4.69, 9.17) is 5.73 Å². The molecule has 110 valence electrons. The van der Waals surface area contributed by atoms with Crippen LogP contribution in [0.5, 0.6) is 0 Å². The van der Waals surface area contributed by atoms with Crippen molar-refractivity contribution in [1.29, 1.82) is 0 Å². The van der Waals surface area contributed by atoms with E-state index in [9.17, 15) is 0 Å². The van der Waals surface area contributed by atoms with Gasteiger partial charge in [0.2, 0.25) is 4.96 Å². The van der Waals surface area contributed by atoms with Gasteiger partial charge < -0.3 is 5.73 Å². The monoisotopic (exact) mass is 301 g/mol. The Morgan fingerprint density at radius 2 is 1.90 bits per heavy atom. The fourth-order valence-corrected chi connectivity index (χ4v) is 2.89. The van der Waals surface area contributed by atoms with Gasteiger partial charge in [0.25, 0.3) is 0 Å². The summed E-state index contributed by atoms with van der Waals surface area (Å²) in [6, 6.07) is 10.0. The minimum Gasteiger partial charge on any atom is -0.327 e. The zero-order chi connectivity index (χ0) is 15.0. The van der Waals surface area contributed by atoms with Crippen LogP contribution in [-0.2, 0) is 6.42 Å². The van der Waals surface area contributed by atoms with Crippen LogP contribution in [0, 0.1) is 5.41 Å². The first kappa shape index (κ1) is 14.2. The molecule has 3 rings (SSSR count). The second-order valence-corrected chi connectivity index (χ2v) is 7.30. The van der Waals surface area contributed by atoms with Gasteiger partial charge in [-0.15, -0.1) is 10.2 Å². The van der Waals surface area contributed by atoms with Crippen LogP contribution in [0.1, 0.15) is 25.8 Å². The van der Waals surface area contributed by atoms with E-state index in [0.717, 1.165) is 27.8 Å². The maximum Gasteiger partial charge on any atom is 0.234 e. The lowest BCUT2D eigenvalue weighted by Gasteiger charge is -2.25. The van der Waals surface area contributed by atoms with Gasteiger partial charge in [-0.3, -0.25) is 0 Å². The average molecular weight is 301 g/mol. The van der Waals surface area contributed by atoms with Crippen LogP contribution in [0.25, 0.3) is 16.3 Å². The SMILES string of the molecule is CC(C)(C)C(N)Cc1nn2c(-c3ccccc3)nnc2s1. The number of hydrogen-bond acceptors (Lipinski definition) is 5. The molecule has 0 aliphatic heterocycles. The summed E-state index contributed by atoms with van der Waals surface area (Å²) in [6.07, 6.45) is 0.756. The van der Waals surface area contributed by atoms with E-state index in [1.165, 1.54) is 0 Å². The Labute approximate surface area is 127 Å². The Morgan fingerprint density at radius 3 is 2.57 bits per heavy atom. The fourth-order valence-electron chi connectivity index (χ4n) is 2.00. The summed E-state index contributed by atoms with van der Waals surface area (Å²) in [4.78, 5) is 0.810. The van der Waals surface area contributed by atoms with Crippen LogP contribution >= 0.6 is 11.3 Å².